The summed E-state index contributed by atoms with van der Waals surface area (Å²) >= 11 is 3.68. The minimum absolute atomic E-state index is 0.0424. The number of benzene rings is 1. The summed E-state index contributed by atoms with van der Waals surface area (Å²) in [6.45, 7) is 2.02. The number of hydrogen-bond donors (Lipinski definition) is 2. The standard InChI is InChI=1S/C23H23FN4O4S3/c1-2-32-21(31)18-14-9-4-3-5-11-16(14)34-20(18)25-17(29)12-33-23-28-27-22(35-23)26-19(30)13-8-6-7-10-15(13)24/h6-8,10H,2-5,9,11-12H2,1H3,(H,25,29)(H,26,27,30). The Hall–Kier alpha value is -2.83. The van der Waals surface area contributed by atoms with Crippen molar-refractivity contribution in [1.29, 1.82) is 0 Å². The number of nitrogens with one attached hydrogen (secondary N) is 2. The summed E-state index contributed by atoms with van der Waals surface area (Å²) in [6.07, 6.45) is 4.88. The van der Waals surface area contributed by atoms with Gasteiger partial charge in [0, 0.05) is 4.88 Å². The molecule has 1 aliphatic rings. The number of aromatic nitrogens is 2. The molecule has 0 unspecified atom stereocenters. The van der Waals surface area contributed by atoms with E-state index in [1.807, 2.05) is 0 Å². The van der Waals surface area contributed by atoms with E-state index >= 15 is 0 Å². The molecule has 0 spiro atoms. The summed E-state index contributed by atoms with van der Waals surface area (Å²) in [4.78, 5) is 38.7. The minimum atomic E-state index is -0.631. The Labute approximate surface area is 213 Å². The number of aryl methyl sites for hydroxylation is 1. The molecule has 2 N–H and O–H groups in total. The molecule has 1 aliphatic carbocycles. The van der Waals surface area contributed by atoms with Crippen LogP contribution in [0.1, 0.15) is 57.3 Å². The van der Waals surface area contributed by atoms with Crippen molar-refractivity contribution in [2.75, 3.05) is 23.0 Å². The van der Waals surface area contributed by atoms with Crippen molar-refractivity contribution in [1.82, 2.24) is 10.2 Å². The molecule has 0 saturated heterocycles. The first kappa shape index (κ1) is 25.3. The lowest BCUT2D eigenvalue weighted by Gasteiger charge is -2.08. The third kappa shape index (κ3) is 6.24. The van der Waals surface area contributed by atoms with Crippen molar-refractivity contribution in [2.45, 2.75) is 43.4 Å². The van der Waals surface area contributed by atoms with E-state index in [4.69, 9.17) is 4.74 Å². The number of rotatable bonds is 8. The summed E-state index contributed by atoms with van der Waals surface area (Å²) in [7, 11) is 0. The molecular weight excluding hydrogens is 511 g/mol. The van der Waals surface area contributed by atoms with E-state index in [9.17, 15) is 18.8 Å². The Bertz CT molecular complexity index is 1240. The van der Waals surface area contributed by atoms with Gasteiger partial charge in [0.1, 0.15) is 10.8 Å². The van der Waals surface area contributed by atoms with Crippen molar-refractivity contribution < 1.29 is 23.5 Å². The van der Waals surface area contributed by atoms with Crippen LogP contribution in [-0.2, 0) is 22.4 Å². The summed E-state index contributed by atoms with van der Waals surface area (Å²) in [5.41, 5.74) is 1.37. The van der Waals surface area contributed by atoms with Crippen molar-refractivity contribution >= 4 is 62.4 Å². The van der Waals surface area contributed by atoms with E-state index in [1.54, 1.807) is 13.0 Å². The Morgan fingerprint density at radius 1 is 1.09 bits per heavy atom. The molecule has 184 valence electrons. The van der Waals surface area contributed by atoms with Gasteiger partial charge < -0.3 is 10.1 Å². The highest BCUT2D eigenvalue weighted by molar-refractivity contribution is 8.01. The average molecular weight is 535 g/mol. The Kier molecular flexibility index (Phi) is 8.47. The molecule has 2 aromatic heterocycles. The second kappa shape index (κ2) is 11.7. The summed E-state index contributed by atoms with van der Waals surface area (Å²) in [5, 5.41) is 14.0. The van der Waals surface area contributed by atoms with Gasteiger partial charge in [-0.3, -0.25) is 14.9 Å². The topological polar surface area (TPSA) is 110 Å². The number of hydrogen-bond acceptors (Lipinski definition) is 9. The fourth-order valence-electron chi connectivity index (χ4n) is 3.67. The van der Waals surface area contributed by atoms with Gasteiger partial charge in [-0.1, -0.05) is 41.7 Å². The molecule has 0 fully saturated rings. The third-order valence-corrected chi connectivity index (χ3v) is 8.41. The van der Waals surface area contributed by atoms with Crippen LogP contribution in [-0.4, -0.2) is 40.3 Å². The van der Waals surface area contributed by atoms with Crippen molar-refractivity contribution in [3.63, 3.8) is 0 Å². The molecule has 8 nitrogen and oxygen atoms in total. The molecule has 35 heavy (non-hydrogen) atoms. The number of amides is 2. The van der Waals surface area contributed by atoms with Crippen molar-refractivity contribution in [3.8, 4) is 0 Å². The van der Waals surface area contributed by atoms with Crippen LogP contribution >= 0.6 is 34.4 Å². The van der Waals surface area contributed by atoms with Crippen LogP contribution in [0.15, 0.2) is 28.6 Å². The quantitative estimate of drug-likeness (QED) is 0.178. The highest BCUT2D eigenvalue weighted by atomic mass is 32.2. The van der Waals surface area contributed by atoms with Gasteiger partial charge >= 0.3 is 5.97 Å². The number of carbonyl (C=O) groups excluding carboxylic acids is 3. The predicted molar refractivity (Wildman–Crippen MR) is 135 cm³/mol. The highest BCUT2D eigenvalue weighted by Gasteiger charge is 2.26. The van der Waals surface area contributed by atoms with Crippen LogP contribution in [0.25, 0.3) is 0 Å². The highest BCUT2D eigenvalue weighted by Crippen LogP contribution is 2.38. The first-order valence-electron chi connectivity index (χ1n) is 11.1. The van der Waals surface area contributed by atoms with Gasteiger partial charge in [0.05, 0.1) is 23.5 Å². The Balaban J connectivity index is 1.38. The van der Waals surface area contributed by atoms with Gasteiger partial charge in [0.25, 0.3) is 5.91 Å². The fraction of sp³-hybridized carbons (Fsp3) is 0.348. The molecule has 0 atom stereocenters. The molecule has 2 amide bonds. The van der Waals surface area contributed by atoms with Gasteiger partial charge in [-0.25, -0.2) is 9.18 Å². The molecule has 3 aromatic rings. The van der Waals surface area contributed by atoms with Gasteiger partial charge in [0.2, 0.25) is 11.0 Å². The zero-order valence-electron chi connectivity index (χ0n) is 18.9. The lowest BCUT2D eigenvalue weighted by molar-refractivity contribution is -0.113. The third-order valence-electron chi connectivity index (χ3n) is 5.23. The first-order chi connectivity index (χ1) is 17.0. The number of anilines is 2. The second-order valence-corrected chi connectivity index (χ2v) is 10.9. The van der Waals surface area contributed by atoms with Crippen molar-refractivity contribution in [3.05, 3.63) is 51.7 Å². The molecule has 0 bridgehead atoms. The normalized spacial score (nSPS) is 13.0. The van der Waals surface area contributed by atoms with Gasteiger partial charge in [-0.2, -0.15) is 0 Å². The molecule has 2 heterocycles. The zero-order chi connectivity index (χ0) is 24.8. The largest absolute Gasteiger partial charge is 0.462 e. The summed E-state index contributed by atoms with van der Waals surface area (Å²) < 4.78 is 19.5. The van der Waals surface area contributed by atoms with Gasteiger partial charge in [-0.05, 0) is 50.3 Å². The van der Waals surface area contributed by atoms with Crippen molar-refractivity contribution in [2.24, 2.45) is 0 Å². The van der Waals surface area contributed by atoms with Gasteiger partial charge in [-0.15, -0.1) is 21.5 Å². The molecule has 4 rings (SSSR count). The summed E-state index contributed by atoms with van der Waals surface area (Å²) in [5.74, 6) is -1.91. The van der Waals surface area contributed by atoms with Crippen LogP contribution in [0.2, 0.25) is 0 Å². The van der Waals surface area contributed by atoms with E-state index in [1.165, 1.54) is 29.5 Å². The minimum Gasteiger partial charge on any atom is -0.462 e. The molecule has 0 saturated carbocycles. The zero-order valence-corrected chi connectivity index (χ0v) is 21.3. The molecule has 1 aromatic carbocycles. The van der Waals surface area contributed by atoms with E-state index < -0.39 is 17.7 Å². The maximum atomic E-state index is 13.8. The smallest absolute Gasteiger partial charge is 0.341 e. The summed E-state index contributed by atoms with van der Waals surface area (Å²) in [6, 6.07) is 5.64. The SMILES string of the molecule is CCOC(=O)c1c(NC(=O)CSc2nnc(NC(=O)c3ccccc3F)s2)sc2c1CCCCC2. The predicted octanol–water partition coefficient (Wildman–Crippen LogP) is 5.17. The van der Waals surface area contributed by atoms with E-state index in [-0.39, 0.29) is 29.0 Å². The number of esters is 1. The lowest BCUT2D eigenvalue weighted by Crippen LogP contribution is -2.16. The number of thiophene rings is 1. The Morgan fingerprint density at radius 2 is 1.89 bits per heavy atom. The maximum Gasteiger partial charge on any atom is 0.341 e. The monoisotopic (exact) mass is 534 g/mol. The van der Waals surface area contributed by atoms with Crippen LogP contribution in [0.5, 0.6) is 0 Å². The molecule has 0 aliphatic heterocycles. The molecule has 12 heteroatoms. The number of carbonyl (C=O) groups is 3. The van der Waals surface area contributed by atoms with E-state index in [2.05, 4.69) is 20.8 Å². The average Bonchev–Trinajstić information content (AvgIpc) is 3.34. The first-order valence-corrected chi connectivity index (χ1v) is 13.7. The van der Waals surface area contributed by atoms with Crippen LogP contribution in [0, 0.1) is 5.82 Å². The van der Waals surface area contributed by atoms with E-state index in [0.717, 1.165) is 65.6 Å². The number of fused-ring (bicyclic) bond motifs is 1. The second-order valence-electron chi connectivity index (χ2n) is 7.63. The van der Waals surface area contributed by atoms with Crippen LogP contribution in [0.3, 0.4) is 0 Å². The lowest BCUT2D eigenvalue weighted by atomic mass is 10.1. The van der Waals surface area contributed by atoms with Crippen LogP contribution < -0.4 is 10.6 Å². The van der Waals surface area contributed by atoms with Gasteiger partial charge in [0.15, 0.2) is 4.34 Å². The Morgan fingerprint density at radius 3 is 2.69 bits per heavy atom. The van der Waals surface area contributed by atoms with Crippen LogP contribution in [0.4, 0.5) is 14.5 Å². The number of halogens is 1. The number of ether oxygens (including phenoxy) is 1. The maximum absolute atomic E-state index is 13.8. The van der Waals surface area contributed by atoms with E-state index in [0.29, 0.717) is 14.9 Å². The number of nitrogens with zero attached hydrogens (tertiary/aromatic N) is 2. The molecule has 0 radical (unpaired) electrons. The number of thioether (sulfide) groups is 1. The molecular formula is C23H23FN4O4S3. The fourth-order valence-corrected chi connectivity index (χ4v) is 6.51.